The van der Waals surface area contributed by atoms with E-state index in [-0.39, 0.29) is 16.8 Å². The number of methoxy groups -OCH3 is 1. The first kappa shape index (κ1) is 25.3. The molecule has 1 aliphatic heterocycles. The van der Waals surface area contributed by atoms with Gasteiger partial charge in [0.2, 0.25) is 10.0 Å². The fraction of sp³-hybridized carbons (Fsp3) is 0.360. The van der Waals surface area contributed by atoms with Crippen molar-refractivity contribution in [2.45, 2.75) is 50.0 Å². The average Bonchev–Trinajstić information content (AvgIpc) is 3.14. The minimum absolute atomic E-state index is 0.0192. The quantitative estimate of drug-likeness (QED) is 0.536. The molecule has 10 heteroatoms. The highest BCUT2D eigenvalue weighted by atomic mass is 32.2. The number of aliphatic imine (C=N–C) groups is 1. The predicted octanol–water partition coefficient (Wildman–Crippen LogP) is 4.68. The van der Waals surface area contributed by atoms with Crippen LogP contribution in [-0.4, -0.2) is 44.2 Å². The summed E-state index contributed by atoms with van der Waals surface area (Å²) >= 11 is 1.32. The summed E-state index contributed by atoms with van der Waals surface area (Å²) in [5.41, 5.74) is 1.38. The molecule has 0 unspecified atom stereocenters. The van der Waals surface area contributed by atoms with Crippen molar-refractivity contribution in [3.05, 3.63) is 52.9 Å². The summed E-state index contributed by atoms with van der Waals surface area (Å²) in [7, 11) is -2.20. The normalized spacial score (nSPS) is 19.5. The van der Waals surface area contributed by atoms with Crippen LogP contribution in [0.1, 0.15) is 44.6 Å². The Labute approximate surface area is 210 Å². The lowest BCUT2D eigenvalue weighted by atomic mass is 9.94. The number of benzene rings is 2. The number of hydrogen-bond donors (Lipinski definition) is 1. The molecule has 0 aromatic heterocycles. The number of sulfonamides is 1. The third kappa shape index (κ3) is 5.88. The Balaban J connectivity index is 1.68. The minimum atomic E-state index is -3.79. The van der Waals surface area contributed by atoms with Gasteiger partial charge in [0, 0.05) is 6.04 Å². The molecule has 2 aromatic carbocycles. The number of amides is 1. The summed E-state index contributed by atoms with van der Waals surface area (Å²) in [5.74, 6) is 1.18. The van der Waals surface area contributed by atoms with Gasteiger partial charge >= 0.3 is 0 Å². The first-order valence-corrected chi connectivity index (χ1v) is 13.9. The monoisotopic (exact) mass is 515 g/mol. The van der Waals surface area contributed by atoms with E-state index < -0.39 is 10.0 Å². The van der Waals surface area contributed by atoms with Crippen LogP contribution >= 0.6 is 11.8 Å². The van der Waals surface area contributed by atoms with E-state index in [1.807, 2.05) is 31.2 Å². The lowest BCUT2D eigenvalue weighted by Gasteiger charge is -2.30. The zero-order valence-corrected chi connectivity index (χ0v) is 21.4. The van der Waals surface area contributed by atoms with Crippen LogP contribution in [0, 0.1) is 0 Å². The highest BCUT2D eigenvalue weighted by molar-refractivity contribution is 8.18. The van der Waals surface area contributed by atoms with Gasteiger partial charge in [-0.25, -0.2) is 18.5 Å². The van der Waals surface area contributed by atoms with Gasteiger partial charge in [-0.3, -0.25) is 9.69 Å². The van der Waals surface area contributed by atoms with Gasteiger partial charge < -0.3 is 9.47 Å². The molecule has 0 spiro atoms. The number of rotatable bonds is 7. The van der Waals surface area contributed by atoms with E-state index in [2.05, 4.69) is 0 Å². The van der Waals surface area contributed by atoms with Gasteiger partial charge in [-0.2, -0.15) is 0 Å². The molecule has 1 aliphatic carbocycles. The lowest BCUT2D eigenvalue weighted by Crippen LogP contribution is -2.40. The summed E-state index contributed by atoms with van der Waals surface area (Å²) in [6.07, 6.45) is 7.02. The van der Waals surface area contributed by atoms with E-state index in [9.17, 15) is 13.2 Å². The fourth-order valence-electron chi connectivity index (χ4n) is 4.25. The molecule has 2 fully saturated rings. The second kappa shape index (κ2) is 10.8. The SMILES string of the molecule is CCOc1ccc(C=C2S/C(=N\c3ccc(S(N)(=O)=O)cc3)N(C3CCCCC3)C2=O)cc1OC. The topological polar surface area (TPSA) is 111 Å². The van der Waals surface area contributed by atoms with Crippen molar-refractivity contribution in [1.82, 2.24) is 4.90 Å². The Bertz CT molecular complexity index is 1250. The number of carbonyl (C=O) groups excluding carboxylic acids is 1. The van der Waals surface area contributed by atoms with Gasteiger partial charge in [-0.1, -0.05) is 25.3 Å². The molecule has 1 saturated heterocycles. The maximum Gasteiger partial charge on any atom is 0.267 e. The number of ether oxygens (including phenoxy) is 2. The van der Waals surface area contributed by atoms with Crippen LogP contribution in [0.5, 0.6) is 11.5 Å². The van der Waals surface area contributed by atoms with Gasteiger partial charge in [-0.15, -0.1) is 0 Å². The molecule has 1 amide bonds. The highest BCUT2D eigenvalue weighted by Crippen LogP contribution is 2.39. The Hall–Kier alpha value is -2.82. The number of hydrogen-bond acceptors (Lipinski definition) is 7. The van der Waals surface area contributed by atoms with Gasteiger partial charge in [0.05, 0.1) is 29.2 Å². The smallest absolute Gasteiger partial charge is 0.267 e. The molecule has 186 valence electrons. The van der Waals surface area contributed by atoms with Crippen LogP contribution in [0.15, 0.2) is 57.3 Å². The van der Waals surface area contributed by atoms with Crippen LogP contribution in [-0.2, 0) is 14.8 Å². The van der Waals surface area contributed by atoms with Crippen molar-refractivity contribution in [2.24, 2.45) is 10.1 Å². The number of nitrogens with two attached hydrogens (primary N) is 1. The fourth-order valence-corrected chi connectivity index (χ4v) is 5.82. The van der Waals surface area contributed by atoms with Gasteiger partial charge in [-0.05, 0) is 79.6 Å². The van der Waals surface area contributed by atoms with E-state index in [0.29, 0.717) is 33.9 Å². The first-order chi connectivity index (χ1) is 16.8. The second-order valence-corrected chi connectivity index (χ2v) is 10.9. The molecule has 0 bridgehead atoms. The molecule has 2 aliphatic rings. The number of amidine groups is 1. The molecule has 8 nitrogen and oxygen atoms in total. The van der Waals surface area contributed by atoms with Crippen LogP contribution < -0.4 is 14.6 Å². The standard InChI is InChI=1S/C25H29N3O5S2/c1-3-33-21-14-9-17(15-22(21)32-2)16-23-24(29)28(19-7-5-4-6-8-19)25(34-23)27-18-10-12-20(13-11-18)35(26,30)31/h9-16,19H,3-8H2,1-2H3,(H2,26,30,31)/b23-16?,27-25-. The molecule has 1 saturated carbocycles. The van der Waals surface area contributed by atoms with E-state index in [1.165, 1.54) is 30.3 Å². The highest BCUT2D eigenvalue weighted by Gasteiger charge is 2.38. The molecule has 1 heterocycles. The maximum atomic E-state index is 13.5. The number of nitrogens with zero attached hydrogens (tertiary/aromatic N) is 2. The summed E-state index contributed by atoms with van der Waals surface area (Å²) in [5, 5.41) is 5.79. The summed E-state index contributed by atoms with van der Waals surface area (Å²) in [4.78, 5) is 20.6. The van der Waals surface area contributed by atoms with Crippen LogP contribution in [0.3, 0.4) is 0 Å². The molecule has 2 N–H and O–H groups in total. The van der Waals surface area contributed by atoms with Crippen molar-refractivity contribution in [2.75, 3.05) is 13.7 Å². The number of carbonyl (C=O) groups is 1. The Morgan fingerprint density at radius 3 is 2.46 bits per heavy atom. The summed E-state index contributed by atoms with van der Waals surface area (Å²) in [6.45, 7) is 2.44. The van der Waals surface area contributed by atoms with Crippen LogP contribution in [0.4, 0.5) is 5.69 Å². The van der Waals surface area contributed by atoms with E-state index in [1.54, 1.807) is 24.1 Å². The zero-order chi connectivity index (χ0) is 25.0. The van der Waals surface area contributed by atoms with Crippen LogP contribution in [0.25, 0.3) is 6.08 Å². The minimum Gasteiger partial charge on any atom is -0.493 e. The maximum absolute atomic E-state index is 13.5. The molecule has 2 aromatic rings. The van der Waals surface area contributed by atoms with Crippen molar-refractivity contribution < 1.29 is 22.7 Å². The van der Waals surface area contributed by atoms with Gasteiger partial charge in [0.25, 0.3) is 5.91 Å². The zero-order valence-electron chi connectivity index (χ0n) is 19.8. The largest absolute Gasteiger partial charge is 0.493 e. The van der Waals surface area contributed by atoms with Crippen molar-refractivity contribution >= 4 is 44.6 Å². The predicted molar refractivity (Wildman–Crippen MR) is 138 cm³/mol. The van der Waals surface area contributed by atoms with Gasteiger partial charge in [0.1, 0.15) is 0 Å². The van der Waals surface area contributed by atoms with Crippen LogP contribution in [0.2, 0.25) is 0 Å². The molecular formula is C25H29N3O5S2. The number of primary sulfonamides is 1. The van der Waals surface area contributed by atoms with Crippen molar-refractivity contribution in [3.8, 4) is 11.5 Å². The Morgan fingerprint density at radius 2 is 1.83 bits per heavy atom. The van der Waals surface area contributed by atoms with E-state index in [4.69, 9.17) is 19.6 Å². The van der Waals surface area contributed by atoms with E-state index in [0.717, 1.165) is 31.2 Å². The average molecular weight is 516 g/mol. The Kier molecular flexibility index (Phi) is 7.83. The third-order valence-corrected chi connectivity index (χ3v) is 7.86. The second-order valence-electron chi connectivity index (χ2n) is 8.35. The van der Waals surface area contributed by atoms with Gasteiger partial charge in [0.15, 0.2) is 16.7 Å². The van der Waals surface area contributed by atoms with Crippen molar-refractivity contribution in [1.29, 1.82) is 0 Å². The summed E-state index contributed by atoms with van der Waals surface area (Å²) in [6, 6.07) is 11.7. The Morgan fingerprint density at radius 1 is 1.11 bits per heavy atom. The molecule has 4 rings (SSSR count). The molecule has 0 radical (unpaired) electrons. The summed E-state index contributed by atoms with van der Waals surface area (Å²) < 4.78 is 34.2. The molecular weight excluding hydrogens is 486 g/mol. The third-order valence-electron chi connectivity index (χ3n) is 5.95. The first-order valence-electron chi connectivity index (χ1n) is 11.6. The molecule has 35 heavy (non-hydrogen) atoms. The van der Waals surface area contributed by atoms with Crippen molar-refractivity contribution in [3.63, 3.8) is 0 Å². The van der Waals surface area contributed by atoms with E-state index >= 15 is 0 Å². The lowest BCUT2D eigenvalue weighted by molar-refractivity contribution is -0.124. The molecule has 0 atom stereocenters. The number of thioether (sulfide) groups is 1.